The van der Waals surface area contributed by atoms with Crippen LogP contribution in [-0.4, -0.2) is 91.9 Å². The number of carbonyl (C=O) groups is 4. The largest absolute Gasteiger partial charge is 0.376 e. The van der Waals surface area contributed by atoms with Crippen LogP contribution in [0.3, 0.4) is 0 Å². The van der Waals surface area contributed by atoms with Crippen molar-refractivity contribution in [1.82, 2.24) is 9.97 Å². The summed E-state index contributed by atoms with van der Waals surface area (Å²) >= 11 is 2.55. The highest BCUT2D eigenvalue weighted by molar-refractivity contribution is 7.92. The lowest BCUT2D eigenvalue weighted by Gasteiger charge is -2.23. The summed E-state index contributed by atoms with van der Waals surface area (Å²) in [6, 6.07) is 34.8. The third-order valence-electron chi connectivity index (χ3n) is 15.5. The van der Waals surface area contributed by atoms with Gasteiger partial charge in [0.1, 0.15) is 34.7 Å². The molecule has 4 aliphatic rings. The SMILES string of the molecule is Cc1cc(-c2ccc(C(=O)N3CCc4cc(C(=O)Nc5c(C)cccc5F)sc4-c4ccccc43)nc2NC[C@H]2CCCO2)cc(F)c1NC(=O)c1cc2c(s1)-c1ccccc1N(C(=O)c1cccc(NCC3CCCS3(=O)=O)n1)CC2. The number of aryl methyl sites for hydroxylation is 2. The predicted octanol–water partition coefficient (Wildman–Crippen LogP) is 12.0. The van der Waals surface area contributed by atoms with Gasteiger partial charge in [-0.25, -0.2) is 27.2 Å². The first-order chi connectivity index (χ1) is 39.7. The molecule has 8 aromatic rings. The lowest BCUT2D eigenvalue weighted by atomic mass is 10.0. The lowest BCUT2D eigenvalue weighted by molar-refractivity contribution is 0.0975. The molecule has 4 aromatic carbocycles. The van der Waals surface area contributed by atoms with Crippen LogP contribution in [0.25, 0.3) is 32.0 Å². The molecule has 418 valence electrons. The molecule has 8 heterocycles. The van der Waals surface area contributed by atoms with E-state index in [2.05, 4.69) is 26.3 Å². The number of ether oxygens (including phenoxy) is 1. The zero-order valence-electron chi connectivity index (χ0n) is 44.8. The van der Waals surface area contributed by atoms with E-state index in [0.717, 1.165) is 44.8 Å². The molecule has 1 unspecified atom stereocenters. The Bertz CT molecular complexity index is 3950. The number of nitrogens with one attached hydrogen (secondary N) is 4. The number of nitrogens with zero attached hydrogens (tertiary/aromatic N) is 4. The Balaban J connectivity index is 0.770. The molecule has 4 amide bonds. The number of hydrogen-bond donors (Lipinski definition) is 4. The second-order valence-corrected chi connectivity index (χ2v) is 25.4. The van der Waals surface area contributed by atoms with Gasteiger partial charge >= 0.3 is 0 Å². The number of halogens is 2. The standard InChI is InChI=1S/C62H56F2N8O7S3/c1-35-11-7-16-45(63)54(35)69-59(73)51-31-38-24-26-72(50-19-6-4-15-44(50)57(38)80-51)62(76)48-22-21-42(58(68-48)66-33-40-12-9-27-79-40)39-29-36(2)55(46(64)30-39)70-60(74)52-32-37-23-25-71(49-18-5-3-14-43(49)56(37)81-52)61(75)47-17-8-20-53(67-47)65-34-41-13-10-28-82(41,77)78/h3-8,11,14-22,29-32,40-41H,9-10,12-13,23-28,33-34H2,1-2H3,(H,65,67)(H,66,68)(H,69,73)(H,70,74)/t40-,41?/m1/s1. The van der Waals surface area contributed by atoms with E-state index < -0.39 is 38.5 Å². The highest BCUT2D eigenvalue weighted by atomic mass is 32.2. The summed E-state index contributed by atoms with van der Waals surface area (Å²) in [6.07, 6.45) is 3.73. The predicted molar refractivity (Wildman–Crippen MR) is 319 cm³/mol. The molecule has 0 saturated carbocycles. The van der Waals surface area contributed by atoms with E-state index in [0.29, 0.717) is 93.9 Å². The van der Waals surface area contributed by atoms with Crippen molar-refractivity contribution in [1.29, 1.82) is 0 Å². The fraction of sp³-hybridized carbons (Fsp3) is 0.258. The van der Waals surface area contributed by atoms with Crippen LogP contribution in [0.2, 0.25) is 0 Å². The van der Waals surface area contributed by atoms with Crippen LogP contribution < -0.4 is 31.1 Å². The number of fused-ring (bicyclic) bond motifs is 6. The third-order valence-corrected chi connectivity index (χ3v) is 20.2. The summed E-state index contributed by atoms with van der Waals surface area (Å²) in [5.74, 6) is -1.83. The van der Waals surface area contributed by atoms with Crippen molar-refractivity contribution in [2.45, 2.75) is 63.7 Å². The first kappa shape index (κ1) is 54.4. The van der Waals surface area contributed by atoms with Crippen molar-refractivity contribution in [3.8, 4) is 32.0 Å². The van der Waals surface area contributed by atoms with Gasteiger partial charge in [-0.1, -0.05) is 54.6 Å². The number of benzene rings is 4. The molecule has 2 fully saturated rings. The topological polar surface area (TPSA) is 192 Å². The van der Waals surface area contributed by atoms with E-state index in [-0.39, 0.29) is 66.1 Å². The average Bonchev–Trinajstić information content (AvgIpc) is 4.32. The highest BCUT2D eigenvalue weighted by Crippen LogP contribution is 2.44. The summed E-state index contributed by atoms with van der Waals surface area (Å²) < 4.78 is 62.1. The van der Waals surface area contributed by atoms with E-state index in [1.54, 1.807) is 84.3 Å². The summed E-state index contributed by atoms with van der Waals surface area (Å²) in [5, 5.41) is 11.6. The molecule has 2 saturated heterocycles. The Hall–Kier alpha value is -8.17. The molecule has 12 rings (SSSR count). The van der Waals surface area contributed by atoms with Crippen LogP contribution in [0.4, 0.5) is 43.2 Å². The molecule has 82 heavy (non-hydrogen) atoms. The van der Waals surface area contributed by atoms with Gasteiger partial charge in [-0.3, -0.25) is 19.2 Å². The van der Waals surface area contributed by atoms with Crippen molar-refractivity contribution >= 4 is 90.5 Å². The molecule has 0 radical (unpaired) electrons. The maximum Gasteiger partial charge on any atom is 0.276 e. The normalized spacial score (nSPS) is 16.9. The van der Waals surface area contributed by atoms with Crippen LogP contribution in [0.1, 0.15) is 88.3 Å². The first-order valence-corrected chi connectivity index (χ1v) is 30.6. The molecule has 4 N–H and O–H groups in total. The number of aromatic nitrogens is 2. The van der Waals surface area contributed by atoms with Gasteiger partial charge in [0.15, 0.2) is 9.84 Å². The molecule has 2 atom stereocenters. The number of para-hydroxylation sites is 3. The van der Waals surface area contributed by atoms with Gasteiger partial charge in [-0.05, 0) is 147 Å². The minimum atomic E-state index is -3.16. The van der Waals surface area contributed by atoms with Crippen LogP contribution in [0.5, 0.6) is 0 Å². The second-order valence-electron chi connectivity index (χ2n) is 20.9. The number of amides is 4. The molecule has 4 aliphatic heterocycles. The number of pyridine rings is 2. The Labute approximate surface area is 480 Å². The Kier molecular flexibility index (Phi) is 15.0. The Morgan fingerprint density at radius 2 is 1.26 bits per heavy atom. The fourth-order valence-corrected chi connectivity index (χ4v) is 15.3. The highest BCUT2D eigenvalue weighted by Gasteiger charge is 2.33. The van der Waals surface area contributed by atoms with E-state index in [9.17, 15) is 32.0 Å². The summed E-state index contributed by atoms with van der Waals surface area (Å²) in [7, 11) is -3.16. The zero-order valence-corrected chi connectivity index (χ0v) is 47.3. The minimum Gasteiger partial charge on any atom is -0.376 e. The molecule has 4 aromatic heterocycles. The van der Waals surface area contributed by atoms with Gasteiger partial charge in [0.25, 0.3) is 23.6 Å². The quantitative estimate of drug-likeness (QED) is 0.0859. The van der Waals surface area contributed by atoms with Gasteiger partial charge in [0.05, 0.1) is 49.6 Å². The van der Waals surface area contributed by atoms with Crippen molar-refractivity contribution in [2.75, 3.05) is 69.6 Å². The average molecular weight is 1160 g/mol. The van der Waals surface area contributed by atoms with E-state index in [1.807, 2.05) is 48.5 Å². The monoisotopic (exact) mass is 1160 g/mol. The van der Waals surface area contributed by atoms with Crippen molar-refractivity contribution in [3.05, 3.63) is 176 Å². The minimum absolute atomic E-state index is 0.0125. The summed E-state index contributed by atoms with van der Waals surface area (Å²) in [6.45, 7) is 5.26. The Morgan fingerprint density at radius 3 is 1.85 bits per heavy atom. The zero-order chi connectivity index (χ0) is 56.8. The summed E-state index contributed by atoms with van der Waals surface area (Å²) in [5.41, 5.74) is 7.13. The third kappa shape index (κ3) is 10.8. The smallest absolute Gasteiger partial charge is 0.276 e. The van der Waals surface area contributed by atoms with Gasteiger partial charge in [-0.15, -0.1) is 22.7 Å². The van der Waals surface area contributed by atoms with E-state index in [1.165, 1.54) is 34.8 Å². The van der Waals surface area contributed by atoms with Crippen molar-refractivity contribution in [3.63, 3.8) is 0 Å². The lowest BCUT2D eigenvalue weighted by Crippen LogP contribution is -2.33. The number of sulfone groups is 1. The molecule has 15 nitrogen and oxygen atoms in total. The van der Waals surface area contributed by atoms with Crippen molar-refractivity contribution in [2.24, 2.45) is 0 Å². The number of thiophene rings is 2. The number of anilines is 6. The molecule has 0 bridgehead atoms. The first-order valence-electron chi connectivity index (χ1n) is 27.2. The van der Waals surface area contributed by atoms with E-state index >= 15 is 4.39 Å². The molecule has 0 spiro atoms. The number of hydrogen-bond acceptors (Lipinski definition) is 13. The maximum absolute atomic E-state index is 16.6. The van der Waals surface area contributed by atoms with Gasteiger partial charge < -0.3 is 35.8 Å². The van der Waals surface area contributed by atoms with Crippen LogP contribution in [0.15, 0.2) is 121 Å². The molecule has 0 aliphatic carbocycles. The second kappa shape index (κ2) is 22.6. The number of carbonyl (C=O) groups excluding carboxylic acids is 4. The van der Waals surface area contributed by atoms with Crippen molar-refractivity contribution < 1.29 is 41.1 Å². The van der Waals surface area contributed by atoms with Gasteiger partial charge in [0, 0.05) is 59.2 Å². The summed E-state index contributed by atoms with van der Waals surface area (Å²) in [4.78, 5) is 71.9. The van der Waals surface area contributed by atoms with Crippen LogP contribution in [-0.2, 0) is 27.4 Å². The molecular formula is C62H56F2N8O7S3. The van der Waals surface area contributed by atoms with Gasteiger partial charge in [0.2, 0.25) is 0 Å². The number of rotatable bonds is 13. The van der Waals surface area contributed by atoms with E-state index in [4.69, 9.17) is 9.72 Å². The molecule has 20 heteroatoms. The van der Waals surface area contributed by atoms with Crippen LogP contribution >= 0.6 is 22.7 Å². The van der Waals surface area contributed by atoms with Gasteiger partial charge in [-0.2, -0.15) is 0 Å². The maximum atomic E-state index is 16.6. The Morgan fingerprint density at radius 1 is 0.634 bits per heavy atom. The van der Waals surface area contributed by atoms with Crippen LogP contribution in [0, 0.1) is 25.5 Å². The molecular weight excluding hydrogens is 1100 g/mol. The fourth-order valence-electron chi connectivity index (χ4n) is 11.2.